The molecule has 1 saturated heterocycles. The van der Waals surface area contributed by atoms with Crippen LogP contribution in [0.5, 0.6) is 11.5 Å². The summed E-state index contributed by atoms with van der Waals surface area (Å²) in [5.74, 6) is -5.23. The Bertz CT molecular complexity index is 2260. The van der Waals surface area contributed by atoms with Crippen molar-refractivity contribution in [3.05, 3.63) is 115 Å². The molecule has 0 unspecified atom stereocenters. The monoisotopic (exact) mass is 736 g/mol. The topological polar surface area (TPSA) is 89.0 Å². The van der Waals surface area contributed by atoms with Crippen LogP contribution in [0.1, 0.15) is 11.3 Å². The van der Waals surface area contributed by atoms with Gasteiger partial charge in [-0.1, -0.05) is 54.6 Å². The molecule has 15 heteroatoms. The molecule has 1 aliphatic heterocycles. The number of aromatic amines is 1. The second-order valence-corrected chi connectivity index (χ2v) is 12.3. The van der Waals surface area contributed by atoms with Gasteiger partial charge in [-0.2, -0.15) is 31.1 Å². The summed E-state index contributed by atoms with van der Waals surface area (Å²) in [4.78, 5) is 36.7. The summed E-state index contributed by atoms with van der Waals surface area (Å²) in [6, 6.07) is 27.1. The first kappa shape index (κ1) is 35.4. The Morgan fingerprint density at radius 3 is 2.13 bits per heavy atom. The molecule has 274 valence electrons. The van der Waals surface area contributed by atoms with Crippen molar-refractivity contribution in [1.29, 1.82) is 0 Å². The summed E-state index contributed by atoms with van der Waals surface area (Å²) in [6.07, 6.45) is -8.94. The van der Waals surface area contributed by atoms with Crippen molar-refractivity contribution in [3.63, 3.8) is 0 Å². The first-order valence-electron chi connectivity index (χ1n) is 16.4. The van der Waals surface area contributed by atoms with E-state index in [4.69, 9.17) is 14.3 Å². The van der Waals surface area contributed by atoms with E-state index >= 15 is 0 Å². The van der Waals surface area contributed by atoms with Gasteiger partial charge in [0.1, 0.15) is 18.1 Å². The number of esters is 1. The van der Waals surface area contributed by atoms with Crippen molar-refractivity contribution < 1.29 is 50.2 Å². The highest BCUT2D eigenvalue weighted by molar-refractivity contribution is 6.03. The minimum atomic E-state index is -5.41. The lowest BCUT2D eigenvalue weighted by molar-refractivity contribution is -0.199. The van der Waals surface area contributed by atoms with Crippen LogP contribution in [0, 0.1) is 0 Å². The minimum Gasteiger partial charge on any atom is -0.489 e. The van der Waals surface area contributed by atoms with Crippen molar-refractivity contribution in [3.8, 4) is 22.6 Å². The first-order chi connectivity index (χ1) is 25.4. The van der Waals surface area contributed by atoms with Crippen LogP contribution in [0.2, 0.25) is 0 Å². The van der Waals surface area contributed by atoms with Gasteiger partial charge in [0.2, 0.25) is 0 Å². The van der Waals surface area contributed by atoms with Gasteiger partial charge in [-0.05, 0) is 53.6 Å². The largest absolute Gasteiger partial charge is 0.493 e. The third-order valence-electron chi connectivity index (χ3n) is 8.90. The van der Waals surface area contributed by atoms with E-state index in [1.807, 2.05) is 65.7 Å². The highest BCUT2D eigenvalue weighted by Crippen LogP contribution is 2.42. The van der Waals surface area contributed by atoms with Gasteiger partial charge in [0.05, 0.1) is 16.6 Å². The van der Waals surface area contributed by atoms with Crippen LogP contribution in [0.3, 0.4) is 0 Å². The highest BCUT2D eigenvalue weighted by Gasteiger charge is 2.44. The molecule has 0 spiro atoms. The van der Waals surface area contributed by atoms with Gasteiger partial charge in [-0.15, -0.1) is 0 Å². The summed E-state index contributed by atoms with van der Waals surface area (Å²) in [7, 11) is 0. The lowest BCUT2D eigenvalue weighted by Gasteiger charge is -2.36. The van der Waals surface area contributed by atoms with Gasteiger partial charge < -0.3 is 24.2 Å². The van der Waals surface area contributed by atoms with E-state index in [9.17, 15) is 35.9 Å². The average Bonchev–Trinajstić information content (AvgIpc) is 3.74. The molecule has 0 amide bonds. The number of nitrogens with zero attached hydrogens (tertiary/aromatic N) is 3. The number of rotatable bonds is 9. The normalized spacial score (nSPS) is 14.1. The molecular formula is C38H30F6N4O5. The number of aromatic nitrogens is 2. The molecule has 0 aliphatic carbocycles. The van der Waals surface area contributed by atoms with E-state index in [0.29, 0.717) is 42.2 Å². The smallest absolute Gasteiger partial charge is 0.489 e. The Labute approximate surface area is 297 Å². The zero-order chi connectivity index (χ0) is 37.3. The number of carbonyl (C=O) groups excluding carboxylic acids is 2. The van der Waals surface area contributed by atoms with Crippen molar-refractivity contribution in [2.45, 2.75) is 25.5 Å². The fourth-order valence-electron chi connectivity index (χ4n) is 6.43. The Morgan fingerprint density at radius 2 is 1.43 bits per heavy atom. The molecule has 3 heterocycles. The van der Waals surface area contributed by atoms with E-state index in [1.165, 1.54) is 12.1 Å². The Kier molecular flexibility index (Phi) is 9.51. The van der Waals surface area contributed by atoms with Crippen LogP contribution in [0.15, 0.2) is 103 Å². The van der Waals surface area contributed by atoms with Crippen LogP contribution in [0.4, 0.5) is 32.0 Å². The number of halogens is 6. The number of ether oxygens (including phenoxy) is 2. The van der Waals surface area contributed by atoms with Crippen molar-refractivity contribution in [2.75, 3.05) is 31.1 Å². The Balaban J connectivity index is 1.29. The number of fused-ring (bicyclic) bond motifs is 2. The van der Waals surface area contributed by atoms with E-state index in [1.54, 1.807) is 24.3 Å². The van der Waals surface area contributed by atoms with Crippen LogP contribution < -0.4 is 19.2 Å². The number of hydrogen-bond acceptors (Lipinski definition) is 7. The van der Waals surface area contributed by atoms with E-state index in [-0.39, 0.29) is 35.3 Å². The van der Waals surface area contributed by atoms with Gasteiger partial charge in [-0.25, -0.2) is 9.59 Å². The van der Waals surface area contributed by atoms with Gasteiger partial charge in [0, 0.05) is 61.1 Å². The van der Waals surface area contributed by atoms with E-state index < -0.39 is 30.0 Å². The van der Waals surface area contributed by atoms with Crippen molar-refractivity contribution in [2.24, 2.45) is 0 Å². The molecule has 9 nitrogen and oxygen atoms in total. The second kappa shape index (κ2) is 14.2. The average molecular weight is 737 g/mol. The van der Waals surface area contributed by atoms with Crippen molar-refractivity contribution in [1.82, 2.24) is 14.6 Å². The molecule has 1 fully saturated rings. The van der Waals surface area contributed by atoms with Crippen LogP contribution in [-0.4, -0.2) is 65.1 Å². The summed E-state index contributed by atoms with van der Waals surface area (Å²) >= 11 is 0. The number of H-pyrrole nitrogens is 1. The third-order valence-corrected chi connectivity index (χ3v) is 8.90. The summed E-state index contributed by atoms with van der Waals surface area (Å²) in [5.41, 5.74) is 3.10. The molecule has 1 aliphatic rings. The molecule has 0 atom stereocenters. The lowest BCUT2D eigenvalue weighted by Crippen LogP contribution is -2.46. The SMILES string of the molecule is O=C(Oc1cccc2c1c(-c1ccc(OCc3ccccc3)cc1)c(CN1CCN(c3cccc4[nH]ccc34)CC1)n2OC(=O)C(F)(F)F)C(F)(F)F. The van der Waals surface area contributed by atoms with Gasteiger partial charge >= 0.3 is 24.3 Å². The third kappa shape index (κ3) is 7.51. The molecule has 0 bridgehead atoms. The summed E-state index contributed by atoms with van der Waals surface area (Å²) in [5, 5.41) is 0.866. The van der Waals surface area contributed by atoms with Gasteiger partial charge in [-0.3, -0.25) is 4.90 Å². The second-order valence-electron chi connectivity index (χ2n) is 12.3. The summed E-state index contributed by atoms with van der Waals surface area (Å²) < 4.78 is 92.6. The quantitative estimate of drug-likeness (QED) is 0.0926. The number of piperazine rings is 1. The standard InChI is InChI=1S/C38H30F6N4O5/c39-37(40,41)35(49)52-32-11-5-10-30-34(32)33(25-12-14-26(15-13-25)51-23-24-6-2-1-3-7-24)31(48(30)53-36(50)38(42,43)44)22-46-18-20-47(21-19-46)29-9-4-8-28-27(29)16-17-45-28/h1-17,45H,18-23H2. The lowest BCUT2D eigenvalue weighted by atomic mass is 10.0. The van der Waals surface area contributed by atoms with Crippen LogP contribution >= 0.6 is 0 Å². The van der Waals surface area contributed by atoms with Gasteiger partial charge in [0.15, 0.2) is 0 Å². The Morgan fingerprint density at radius 1 is 0.736 bits per heavy atom. The molecule has 53 heavy (non-hydrogen) atoms. The van der Waals surface area contributed by atoms with Crippen LogP contribution in [0.25, 0.3) is 32.9 Å². The predicted molar refractivity (Wildman–Crippen MR) is 183 cm³/mol. The fraction of sp³-hybridized carbons (Fsp3) is 0.211. The Hall–Kier alpha value is -5.96. The zero-order valence-electron chi connectivity index (χ0n) is 27.7. The van der Waals surface area contributed by atoms with Crippen LogP contribution in [-0.2, 0) is 22.7 Å². The molecule has 7 rings (SSSR count). The summed E-state index contributed by atoms with van der Waals surface area (Å²) in [6.45, 7) is 2.07. The van der Waals surface area contributed by atoms with Gasteiger partial charge in [0.25, 0.3) is 0 Å². The molecule has 4 aromatic carbocycles. The first-order valence-corrected chi connectivity index (χ1v) is 16.4. The molecule has 1 N–H and O–H groups in total. The predicted octanol–water partition coefficient (Wildman–Crippen LogP) is 7.68. The maximum absolute atomic E-state index is 13.7. The molecule has 0 radical (unpaired) electrons. The maximum Gasteiger partial charge on any atom is 0.493 e. The molecule has 2 aromatic heterocycles. The number of alkyl halides is 6. The minimum absolute atomic E-state index is 0.0206. The fourth-order valence-corrected chi connectivity index (χ4v) is 6.43. The van der Waals surface area contributed by atoms with E-state index in [0.717, 1.165) is 28.2 Å². The molecule has 0 saturated carbocycles. The highest BCUT2D eigenvalue weighted by atomic mass is 19.4. The zero-order valence-corrected chi connectivity index (χ0v) is 27.7. The van der Waals surface area contributed by atoms with Crippen molar-refractivity contribution >= 4 is 39.4 Å². The van der Waals surface area contributed by atoms with E-state index in [2.05, 4.69) is 9.88 Å². The molecular weight excluding hydrogens is 706 g/mol. The molecule has 6 aromatic rings. The number of hydrogen-bond donors (Lipinski definition) is 1. The maximum atomic E-state index is 13.7. The number of anilines is 1. The number of benzene rings is 4. The number of carbonyl (C=O) groups is 2. The number of nitrogens with one attached hydrogen (secondary N) is 1.